The second kappa shape index (κ2) is 5.38. The second-order valence-electron chi connectivity index (χ2n) is 3.11. The number of halogens is 1. The zero-order chi connectivity index (χ0) is 8.27. The molecule has 1 unspecified atom stereocenters. The number of carboxylic acid groups (broad SMARTS) is 1. The van der Waals surface area contributed by atoms with E-state index in [0.29, 0.717) is 5.92 Å². The molecule has 0 bridgehead atoms. The van der Waals surface area contributed by atoms with E-state index in [2.05, 4.69) is 12.2 Å². The van der Waals surface area contributed by atoms with Crippen LogP contribution >= 0.6 is 12.4 Å². The molecule has 0 aromatic rings. The Labute approximate surface area is 78.9 Å². The lowest BCUT2D eigenvalue weighted by Gasteiger charge is -2.13. The Morgan fingerprint density at radius 2 is 2.33 bits per heavy atom. The van der Waals surface area contributed by atoms with E-state index in [4.69, 9.17) is 5.11 Å². The van der Waals surface area contributed by atoms with Gasteiger partial charge in [-0.15, -0.1) is 12.4 Å². The van der Waals surface area contributed by atoms with Crippen LogP contribution in [-0.2, 0) is 4.79 Å². The summed E-state index contributed by atoms with van der Waals surface area (Å²) in [5.41, 5.74) is 0. The molecular formula is C8H16ClNO2. The minimum Gasteiger partial charge on any atom is -0.480 e. The van der Waals surface area contributed by atoms with Gasteiger partial charge in [0.25, 0.3) is 0 Å². The van der Waals surface area contributed by atoms with Crippen LogP contribution in [0, 0.1) is 5.92 Å². The highest BCUT2D eigenvalue weighted by Crippen LogP contribution is 2.20. The number of nitrogens with one attached hydrogen (secondary N) is 1. The first-order valence-corrected chi connectivity index (χ1v) is 4.22. The molecule has 0 amide bonds. The molecule has 1 rings (SSSR count). The molecule has 1 fully saturated rings. The standard InChI is InChI=1S/C8H15NO2.ClH/c1-2-3-6-4-5-9-7(6)8(10)11;/h6-7,9H,2-5H2,1H3,(H,10,11);1H/t6?,7-;/m0./s1. The molecule has 72 valence electrons. The largest absolute Gasteiger partial charge is 0.480 e. The maximum absolute atomic E-state index is 10.6. The molecular weight excluding hydrogens is 178 g/mol. The van der Waals surface area contributed by atoms with Gasteiger partial charge in [-0.2, -0.15) is 0 Å². The third-order valence-corrected chi connectivity index (χ3v) is 2.28. The molecule has 0 aromatic carbocycles. The van der Waals surface area contributed by atoms with Crippen molar-refractivity contribution < 1.29 is 9.90 Å². The van der Waals surface area contributed by atoms with Gasteiger partial charge in [0, 0.05) is 0 Å². The van der Waals surface area contributed by atoms with E-state index in [1.807, 2.05) is 0 Å². The SMILES string of the molecule is CCCC1CCN[C@@H]1C(=O)O.Cl. The molecule has 0 aliphatic carbocycles. The molecule has 0 saturated carbocycles. The Morgan fingerprint density at radius 1 is 1.67 bits per heavy atom. The van der Waals surface area contributed by atoms with Crippen LogP contribution in [0.3, 0.4) is 0 Å². The van der Waals surface area contributed by atoms with E-state index in [1.165, 1.54) is 0 Å². The average Bonchev–Trinajstić information content (AvgIpc) is 2.36. The summed E-state index contributed by atoms with van der Waals surface area (Å²) in [4.78, 5) is 10.6. The summed E-state index contributed by atoms with van der Waals surface area (Å²) in [6, 6.07) is -0.282. The number of hydrogen-bond donors (Lipinski definition) is 2. The maximum Gasteiger partial charge on any atom is 0.320 e. The zero-order valence-electron chi connectivity index (χ0n) is 7.25. The van der Waals surface area contributed by atoms with Crippen molar-refractivity contribution in [3.8, 4) is 0 Å². The van der Waals surface area contributed by atoms with Crippen LogP contribution in [0.1, 0.15) is 26.2 Å². The maximum atomic E-state index is 10.6. The van der Waals surface area contributed by atoms with Crippen molar-refractivity contribution in [1.29, 1.82) is 0 Å². The quantitative estimate of drug-likeness (QED) is 0.710. The van der Waals surface area contributed by atoms with Gasteiger partial charge in [0.2, 0.25) is 0 Å². The van der Waals surface area contributed by atoms with E-state index in [0.717, 1.165) is 25.8 Å². The molecule has 4 heteroatoms. The van der Waals surface area contributed by atoms with E-state index < -0.39 is 5.97 Å². The fourth-order valence-corrected chi connectivity index (χ4v) is 1.73. The summed E-state index contributed by atoms with van der Waals surface area (Å²) in [5, 5.41) is 11.7. The van der Waals surface area contributed by atoms with Gasteiger partial charge in [-0.05, 0) is 25.3 Å². The number of carboxylic acids is 1. The summed E-state index contributed by atoms with van der Waals surface area (Å²) < 4.78 is 0. The summed E-state index contributed by atoms with van der Waals surface area (Å²) in [6.07, 6.45) is 3.13. The third kappa shape index (κ3) is 2.64. The normalized spacial score (nSPS) is 28.1. The van der Waals surface area contributed by atoms with Crippen LogP contribution in [0.4, 0.5) is 0 Å². The van der Waals surface area contributed by atoms with Crippen LogP contribution in [0.15, 0.2) is 0 Å². The van der Waals surface area contributed by atoms with E-state index in [1.54, 1.807) is 0 Å². The molecule has 2 atom stereocenters. The Kier molecular flexibility index (Phi) is 5.25. The van der Waals surface area contributed by atoms with Gasteiger partial charge in [0.15, 0.2) is 0 Å². The molecule has 3 nitrogen and oxygen atoms in total. The van der Waals surface area contributed by atoms with Gasteiger partial charge >= 0.3 is 5.97 Å². The van der Waals surface area contributed by atoms with Gasteiger partial charge in [-0.1, -0.05) is 13.3 Å². The van der Waals surface area contributed by atoms with Crippen molar-refractivity contribution in [3.05, 3.63) is 0 Å². The van der Waals surface area contributed by atoms with Crippen molar-refractivity contribution in [3.63, 3.8) is 0 Å². The number of aliphatic carboxylic acids is 1. The van der Waals surface area contributed by atoms with Crippen LogP contribution in [-0.4, -0.2) is 23.7 Å². The van der Waals surface area contributed by atoms with Crippen LogP contribution in [0.2, 0.25) is 0 Å². The number of hydrogen-bond acceptors (Lipinski definition) is 2. The molecule has 0 aromatic heterocycles. The van der Waals surface area contributed by atoms with Crippen molar-refractivity contribution in [2.75, 3.05) is 6.54 Å². The molecule has 0 spiro atoms. The molecule has 2 N–H and O–H groups in total. The lowest BCUT2D eigenvalue weighted by Crippen LogP contribution is -2.35. The van der Waals surface area contributed by atoms with Crippen LogP contribution in [0.25, 0.3) is 0 Å². The van der Waals surface area contributed by atoms with Gasteiger partial charge in [0.05, 0.1) is 0 Å². The van der Waals surface area contributed by atoms with Crippen LogP contribution in [0.5, 0.6) is 0 Å². The van der Waals surface area contributed by atoms with Crippen LogP contribution < -0.4 is 5.32 Å². The predicted octanol–water partition coefficient (Wildman–Crippen LogP) is 1.27. The Morgan fingerprint density at radius 3 is 2.83 bits per heavy atom. The van der Waals surface area contributed by atoms with Gasteiger partial charge in [-0.25, -0.2) is 0 Å². The first-order valence-electron chi connectivity index (χ1n) is 4.22. The molecule has 0 radical (unpaired) electrons. The minimum absolute atomic E-state index is 0. The molecule has 1 aliphatic rings. The Balaban J connectivity index is 0.00000121. The fraction of sp³-hybridized carbons (Fsp3) is 0.875. The van der Waals surface area contributed by atoms with Gasteiger partial charge in [-0.3, -0.25) is 4.79 Å². The fourth-order valence-electron chi connectivity index (χ4n) is 1.73. The van der Waals surface area contributed by atoms with Crippen molar-refractivity contribution in [2.45, 2.75) is 32.2 Å². The van der Waals surface area contributed by atoms with Crippen molar-refractivity contribution in [1.82, 2.24) is 5.32 Å². The smallest absolute Gasteiger partial charge is 0.320 e. The average molecular weight is 194 g/mol. The van der Waals surface area contributed by atoms with Gasteiger partial charge in [0.1, 0.15) is 6.04 Å². The van der Waals surface area contributed by atoms with E-state index in [-0.39, 0.29) is 18.4 Å². The molecule has 1 aliphatic heterocycles. The highest BCUT2D eigenvalue weighted by Gasteiger charge is 2.31. The first kappa shape index (κ1) is 11.7. The summed E-state index contributed by atoms with van der Waals surface area (Å²) in [5.74, 6) is -0.335. The monoisotopic (exact) mass is 193 g/mol. The Hall–Kier alpha value is -0.280. The highest BCUT2D eigenvalue weighted by atomic mass is 35.5. The van der Waals surface area contributed by atoms with Crippen molar-refractivity contribution >= 4 is 18.4 Å². The number of carbonyl (C=O) groups is 1. The highest BCUT2D eigenvalue weighted by molar-refractivity contribution is 5.85. The molecule has 1 saturated heterocycles. The molecule has 1 heterocycles. The lowest BCUT2D eigenvalue weighted by molar-refractivity contribution is -0.140. The second-order valence-corrected chi connectivity index (χ2v) is 3.11. The Bertz CT molecular complexity index is 152. The lowest BCUT2D eigenvalue weighted by atomic mass is 9.96. The summed E-state index contributed by atoms with van der Waals surface area (Å²) in [7, 11) is 0. The van der Waals surface area contributed by atoms with E-state index >= 15 is 0 Å². The van der Waals surface area contributed by atoms with Gasteiger partial charge < -0.3 is 10.4 Å². The zero-order valence-corrected chi connectivity index (χ0v) is 8.06. The summed E-state index contributed by atoms with van der Waals surface area (Å²) >= 11 is 0. The topological polar surface area (TPSA) is 49.3 Å². The van der Waals surface area contributed by atoms with Crippen molar-refractivity contribution in [2.24, 2.45) is 5.92 Å². The molecule has 12 heavy (non-hydrogen) atoms. The third-order valence-electron chi connectivity index (χ3n) is 2.28. The first-order chi connectivity index (χ1) is 5.25. The predicted molar refractivity (Wildman–Crippen MR) is 49.7 cm³/mol. The van der Waals surface area contributed by atoms with E-state index in [9.17, 15) is 4.79 Å². The minimum atomic E-state index is -0.694. The number of rotatable bonds is 3. The summed E-state index contributed by atoms with van der Waals surface area (Å²) in [6.45, 7) is 2.96.